The molecule has 0 aliphatic heterocycles. The fourth-order valence-electron chi connectivity index (χ4n) is 3.35. The first-order valence-corrected chi connectivity index (χ1v) is 8.39. The monoisotopic (exact) mass is 344 g/mol. The van der Waals surface area contributed by atoms with E-state index in [1.165, 1.54) is 0 Å². The van der Waals surface area contributed by atoms with Gasteiger partial charge in [0.15, 0.2) is 0 Å². The number of nitrogens with two attached hydrogens (primary N) is 1. The molecule has 6 heteroatoms. The van der Waals surface area contributed by atoms with Crippen LogP contribution < -0.4 is 10.5 Å². The van der Waals surface area contributed by atoms with E-state index in [4.69, 9.17) is 24.8 Å². The van der Waals surface area contributed by atoms with Crippen LogP contribution in [-0.2, 0) is 14.3 Å². The van der Waals surface area contributed by atoms with Crippen molar-refractivity contribution in [3.8, 4) is 5.75 Å². The van der Waals surface area contributed by atoms with Gasteiger partial charge >= 0.3 is 6.15 Å². The molecule has 1 aromatic carbocycles. The maximum Gasteiger partial charge on any atom is 0.373 e. The van der Waals surface area contributed by atoms with Crippen LogP contribution in [0.2, 0.25) is 0 Å². The number of ether oxygens (including phenoxy) is 2. The van der Waals surface area contributed by atoms with Gasteiger partial charge in [0.1, 0.15) is 5.75 Å². The van der Waals surface area contributed by atoms with Crippen LogP contribution in [0, 0.1) is 12.8 Å². The number of hydrogen-bond donors (Lipinski definition) is 1. The molecule has 2 N–H and O–H groups in total. The minimum absolute atomic E-state index is 0.250. The van der Waals surface area contributed by atoms with Gasteiger partial charge in [-0.2, -0.15) is 9.59 Å². The predicted octanol–water partition coefficient (Wildman–Crippen LogP) is 3.13. The summed E-state index contributed by atoms with van der Waals surface area (Å²) < 4.78 is 11.5. The highest BCUT2D eigenvalue weighted by molar-refractivity contribution is 5.95. The SMILES string of the molecule is COCC1CCC(Oc2cccc3nc(C)cc(N)c23)CC1.O=C=O. The molecule has 1 heterocycles. The molecule has 134 valence electrons. The van der Waals surface area contributed by atoms with E-state index in [0.717, 1.165) is 60.3 Å². The van der Waals surface area contributed by atoms with Gasteiger partial charge in [0.05, 0.1) is 17.0 Å². The lowest BCUT2D eigenvalue weighted by Crippen LogP contribution is -2.26. The smallest absolute Gasteiger partial charge is 0.373 e. The summed E-state index contributed by atoms with van der Waals surface area (Å²) in [6, 6.07) is 7.88. The number of carbonyl (C=O) groups excluding carboxylic acids is 2. The van der Waals surface area contributed by atoms with Crippen molar-refractivity contribution in [1.29, 1.82) is 0 Å². The quantitative estimate of drug-likeness (QED) is 0.916. The van der Waals surface area contributed by atoms with Crippen molar-refractivity contribution < 1.29 is 19.1 Å². The number of anilines is 1. The number of hydrogen-bond acceptors (Lipinski definition) is 6. The lowest BCUT2D eigenvalue weighted by atomic mass is 9.88. The van der Waals surface area contributed by atoms with Crippen LogP contribution in [0.1, 0.15) is 31.4 Å². The molecule has 0 atom stereocenters. The molecule has 1 aliphatic rings. The molecule has 0 unspecified atom stereocenters. The van der Waals surface area contributed by atoms with Gasteiger partial charge in [-0.1, -0.05) is 6.07 Å². The van der Waals surface area contributed by atoms with Crippen molar-refractivity contribution in [1.82, 2.24) is 4.98 Å². The van der Waals surface area contributed by atoms with Crippen molar-refractivity contribution in [3.63, 3.8) is 0 Å². The Morgan fingerprint density at radius 2 is 1.92 bits per heavy atom. The average molecular weight is 344 g/mol. The summed E-state index contributed by atoms with van der Waals surface area (Å²) in [5.74, 6) is 1.53. The Balaban J connectivity index is 0.000000701. The predicted molar refractivity (Wildman–Crippen MR) is 94.1 cm³/mol. The van der Waals surface area contributed by atoms with Crippen LogP contribution in [0.5, 0.6) is 5.75 Å². The zero-order valence-corrected chi connectivity index (χ0v) is 14.7. The molecule has 0 amide bonds. The Kier molecular flexibility index (Phi) is 6.92. The number of rotatable bonds is 4. The summed E-state index contributed by atoms with van der Waals surface area (Å²) in [6.07, 6.45) is 4.99. The van der Waals surface area contributed by atoms with Crippen LogP contribution in [0.3, 0.4) is 0 Å². The molecule has 0 radical (unpaired) electrons. The lowest BCUT2D eigenvalue weighted by Gasteiger charge is -2.29. The number of aryl methyl sites for hydroxylation is 1. The molecule has 25 heavy (non-hydrogen) atoms. The third kappa shape index (κ3) is 5.02. The number of nitrogen functional groups attached to an aromatic ring is 1. The molecular weight excluding hydrogens is 320 g/mol. The number of nitrogens with zero attached hydrogens (tertiary/aromatic N) is 1. The van der Waals surface area contributed by atoms with E-state index in [0.29, 0.717) is 5.92 Å². The largest absolute Gasteiger partial charge is 0.490 e. The number of fused-ring (bicyclic) bond motifs is 1. The zero-order valence-electron chi connectivity index (χ0n) is 14.7. The second kappa shape index (κ2) is 9.16. The number of benzene rings is 1. The van der Waals surface area contributed by atoms with Crippen LogP contribution in [0.4, 0.5) is 5.69 Å². The van der Waals surface area contributed by atoms with Crippen molar-refractivity contribution >= 4 is 22.7 Å². The van der Waals surface area contributed by atoms with E-state index < -0.39 is 0 Å². The first-order chi connectivity index (χ1) is 12.1. The highest BCUT2D eigenvalue weighted by Gasteiger charge is 2.23. The number of methoxy groups -OCH3 is 1. The molecule has 0 saturated heterocycles. The van der Waals surface area contributed by atoms with Crippen molar-refractivity contribution in [3.05, 3.63) is 30.0 Å². The maximum atomic E-state index is 8.12. The van der Waals surface area contributed by atoms with Gasteiger partial charge in [-0.15, -0.1) is 0 Å². The van der Waals surface area contributed by atoms with Crippen molar-refractivity contribution in [2.75, 3.05) is 19.5 Å². The van der Waals surface area contributed by atoms with Crippen molar-refractivity contribution in [2.45, 2.75) is 38.7 Å². The van der Waals surface area contributed by atoms with Gasteiger partial charge in [0, 0.05) is 25.1 Å². The number of aromatic nitrogens is 1. The van der Waals surface area contributed by atoms with Gasteiger partial charge in [-0.05, 0) is 56.7 Å². The Labute approximate surface area is 147 Å². The standard InChI is InChI=1S/C18H24N2O2.CO2/c1-12-10-15(19)18-16(20-12)4-3-5-17(18)22-14-8-6-13(7-9-14)11-21-2;2-1-3/h3-5,10,13-14H,6-9,11H2,1-2H3,(H2,19,20);. The summed E-state index contributed by atoms with van der Waals surface area (Å²) in [5.41, 5.74) is 8.77. The molecule has 1 aromatic heterocycles. The highest BCUT2D eigenvalue weighted by atomic mass is 16.5. The van der Waals surface area contributed by atoms with E-state index in [9.17, 15) is 0 Å². The molecule has 0 spiro atoms. The third-order valence-electron chi connectivity index (χ3n) is 4.44. The minimum Gasteiger partial charge on any atom is -0.490 e. The van der Waals surface area contributed by atoms with Crippen LogP contribution >= 0.6 is 0 Å². The summed E-state index contributed by atoms with van der Waals surface area (Å²) in [5, 5.41) is 0.937. The van der Waals surface area contributed by atoms with Gasteiger partial charge < -0.3 is 15.2 Å². The Morgan fingerprint density at radius 1 is 1.24 bits per heavy atom. The van der Waals surface area contributed by atoms with Gasteiger partial charge in [-0.3, -0.25) is 4.98 Å². The van der Waals surface area contributed by atoms with E-state index in [2.05, 4.69) is 4.98 Å². The molecule has 6 nitrogen and oxygen atoms in total. The normalized spacial score (nSPS) is 19.6. The van der Waals surface area contributed by atoms with Crippen LogP contribution in [0.25, 0.3) is 10.9 Å². The second-order valence-electron chi connectivity index (χ2n) is 6.30. The minimum atomic E-state index is 0.250. The molecular formula is C19H24N2O4. The van der Waals surface area contributed by atoms with E-state index in [-0.39, 0.29) is 12.3 Å². The summed E-state index contributed by atoms with van der Waals surface area (Å²) >= 11 is 0. The summed E-state index contributed by atoms with van der Waals surface area (Å²) in [4.78, 5) is 20.8. The molecule has 0 bridgehead atoms. The maximum absolute atomic E-state index is 8.12. The molecule has 1 saturated carbocycles. The zero-order chi connectivity index (χ0) is 18.2. The molecule has 1 aliphatic carbocycles. The molecule has 3 rings (SSSR count). The molecule has 1 fully saturated rings. The fourth-order valence-corrected chi connectivity index (χ4v) is 3.35. The number of pyridine rings is 1. The Morgan fingerprint density at radius 3 is 2.56 bits per heavy atom. The molecule has 2 aromatic rings. The van der Waals surface area contributed by atoms with E-state index in [1.54, 1.807) is 7.11 Å². The first-order valence-electron chi connectivity index (χ1n) is 8.39. The second-order valence-corrected chi connectivity index (χ2v) is 6.30. The topological polar surface area (TPSA) is 91.5 Å². The van der Waals surface area contributed by atoms with E-state index >= 15 is 0 Å². The third-order valence-corrected chi connectivity index (χ3v) is 4.44. The highest BCUT2D eigenvalue weighted by Crippen LogP contribution is 2.34. The van der Waals surface area contributed by atoms with E-state index in [1.807, 2.05) is 31.2 Å². The lowest BCUT2D eigenvalue weighted by molar-refractivity contribution is -0.191. The summed E-state index contributed by atoms with van der Waals surface area (Å²) in [6.45, 7) is 2.82. The fraction of sp³-hybridized carbons (Fsp3) is 0.474. The van der Waals surface area contributed by atoms with Gasteiger partial charge in [0.2, 0.25) is 0 Å². The average Bonchev–Trinajstić information content (AvgIpc) is 2.57. The summed E-state index contributed by atoms with van der Waals surface area (Å²) in [7, 11) is 1.77. The van der Waals surface area contributed by atoms with Gasteiger partial charge in [0.25, 0.3) is 0 Å². The first kappa shape index (κ1) is 18.9. The van der Waals surface area contributed by atoms with Crippen LogP contribution in [0.15, 0.2) is 24.3 Å². The van der Waals surface area contributed by atoms with Gasteiger partial charge in [-0.25, -0.2) is 0 Å². The van der Waals surface area contributed by atoms with Crippen molar-refractivity contribution in [2.24, 2.45) is 5.92 Å². The Bertz CT molecular complexity index is 734. The Hall–Kier alpha value is -2.43. The van der Waals surface area contributed by atoms with Crippen LogP contribution in [-0.4, -0.2) is 31.0 Å².